The number of pyridine rings is 1. The molecule has 2 N–H and O–H groups in total. The molecule has 1 aromatic carbocycles. The highest BCUT2D eigenvalue weighted by Gasteiger charge is 2.66. The van der Waals surface area contributed by atoms with Gasteiger partial charge in [-0.05, 0) is 17.7 Å². The number of rotatable bonds is 4. The predicted octanol–water partition coefficient (Wildman–Crippen LogP) is 0.769. The molecule has 2 saturated heterocycles. The highest BCUT2D eigenvalue weighted by molar-refractivity contribution is 6.09. The van der Waals surface area contributed by atoms with E-state index in [0.29, 0.717) is 5.69 Å². The van der Waals surface area contributed by atoms with Crippen molar-refractivity contribution < 1.29 is 19.1 Å². The number of ether oxygens (including phenoxy) is 1. The van der Waals surface area contributed by atoms with Gasteiger partial charge in [0.25, 0.3) is 0 Å². The van der Waals surface area contributed by atoms with E-state index in [-0.39, 0.29) is 6.42 Å². The summed E-state index contributed by atoms with van der Waals surface area (Å²) in [5, 5.41) is 5.65. The fourth-order valence-corrected chi connectivity index (χ4v) is 4.27. The molecule has 2 amide bonds. The Morgan fingerprint density at radius 3 is 2.52 bits per heavy atom. The number of amides is 2. The average molecular weight is 365 g/mol. The van der Waals surface area contributed by atoms with Gasteiger partial charge >= 0.3 is 5.97 Å². The number of hydrogen-bond acceptors (Lipinski definition) is 6. The van der Waals surface area contributed by atoms with Gasteiger partial charge in [-0.1, -0.05) is 36.4 Å². The zero-order chi connectivity index (χ0) is 19.0. The van der Waals surface area contributed by atoms with Gasteiger partial charge in [0.05, 0.1) is 30.7 Å². The molecular weight excluding hydrogens is 346 g/mol. The van der Waals surface area contributed by atoms with Crippen LogP contribution in [0.1, 0.15) is 17.3 Å². The lowest BCUT2D eigenvalue weighted by Crippen LogP contribution is -2.57. The van der Waals surface area contributed by atoms with Crippen molar-refractivity contribution in [3.8, 4) is 0 Å². The molecule has 2 aliphatic rings. The van der Waals surface area contributed by atoms with E-state index < -0.39 is 41.2 Å². The number of hydrogen-bond donors (Lipinski definition) is 2. The summed E-state index contributed by atoms with van der Waals surface area (Å²) in [5.74, 6) is -3.02. The second-order valence-electron chi connectivity index (χ2n) is 6.86. The van der Waals surface area contributed by atoms with Gasteiger partial charge in [0.1, 0.15) is 5.54 Å². The van der Waals surface area contributed by atoms with E-state index in [9.17, 15) is 14.4 Å². The van der Waals surface area contributed by atoms with Gasteiger partial charge in [-0.2, -0.15) is 0 Å². The molecule has 1 aromatic heterocycles. The number of benzene rings is 1. The molecule has 0 unspecified atom stereocenters. The van der Waals surface area contributed by atoms with E-state index in [1.165, 1.54) is 7.11 Å². The van der Waals surface area contributed by atoms with Crippen LogP contribution in [0.4, 0.5) is 0 Å². The first kappa shape index (κ1) is 17.4. The van der Waals surface area contributed by atoms with Crippen molar-refractivity contribution in [3.63, 3.8) is 0 Å². The smallest absolute Gasteiger partial charge is 0.327 e. The minimum Gasteiger partial charge on any atom is -0.468 e. The number of carbonyl (C=O) groups is 3. The quantitative estimate of drug-likeness (QED) is 0.614. The van der Waals surface area contributed by atoms with Crippen molar-refractivity contribution >= 4 is 17.8 Å². The number of nitrogens with zero attached hydrogens (tertiary/aromatic N) is 1. The lowest BCUT2D eigenvalue weighted by Gasteiger charge is -2.31. The van der Waals surface area contributed by atoms with Gasteiger partial charge < -0.3 is 4.74 Å². The molecule has 2 aromatic rings. The minimum atomic E-state index is -1.35. The second-order valence-corrected chi connectivity index (χ2v) is 6.86. The van der Waals surface area contributed by atoms with Crippen molar-refractivity contribution in [1.29, 1.82) is 0 Å². The number of imide groups is 1. The molecule has 3 heterocycles. The van der Waals surface area contributed by atoms with E-state index in [1.807, 2.05) is 36.4 Å². The normalized spacial score (nSPS) is 29.3. The van der Waals surface area contributed by atoms with E-state index >= 15 is 0 Å². The van der Waals surface area contributed by atoms with E-state index in [2.05, 4.69) is 15.6 Å². The standard InChI is InChI=1S/C20H19N3O4/c1-27-19(26)20(11-12-7-3-2-4-8-12)15-14(17(24)22-18(15)25)16(23-20)13-9-5-6-10-21-13/h2-10,14-16,23H,11H2,1H3,(H,22,24,25)/t14-,15-,16-,20-/m1/s1. The highest BCUT2D eigenvalue weighted by atomic mass is 16.5. The van der Waals surface area contributed by atoms with Gasteiger partial charge in [-0.25, -0.2) is 0 Å². The first-order chi connectivity index (χ1) is 13.1. The summed E-state index contributed by atoms with van der Waals surface area (Å²) in [6.45, 7) is 0. The lowest BCUT2D eigenvalue weighted by molar-refractivity contribution is -0.152. The summed E-state index contributed by atoms with van der Waals surface area (Å²) < 4.78 is 5.07. The number of methoxy groups -OCH3 is 1. The number of fused-ring (bicyclic) bond motifs is 1. The van der Waals surface area contributed by atoms with Crippen molar-refractivity contribution in [3.05, 3.63) is 66.0 Å². The zero-order valence-electron chi connectivity index (χ0n) is 14.7. The minimum absolute atomic E-state index is 0.228. The Bertz CT molecular complexity index is 887. The van der Waals surface area contributed by atoms with Crippen LogP contribution < -0.4 is 10.6 Å². The van der Waals surface area contributed by atoms with Crippen LogP contribution in [0.5, 0.6) is 0 Å². The van der Waals surface area contributed by atoms with Crippen LogP contribution in [0.15, 0.2) is 54.7 Å². The average Bonchev–Trinajstić information content (AvgIpc) is 3.20. The zero-order valence-corrected chi connectivity index (χ0v) is 14.7. The molecule has 27 heavy (non-hydrogen) atoms. The van der Waals surface area contributed by atoms with E-state index in [4.69, 9.17) is 4.74 Å². The maximum atomic E-state index is 12.9. The lowest BCUT2D eigenvalue weighted by atomic mass is 9.76. The summed E-state index contributed by atoms with van der Waals surface area (Å²) in [4.78, 5) is 42.5. The van der Waals surface area contributed by atoms with Gasteiger partial charge in [0.2, 0.25) is 11.8 Å². The van der Waals surface area contributed by atoms with Gasteiger partial charge in [0, 0.05) is 12.6 Å². The molecule has 7 nitrogen and oxygen atoms in total. The van der Waals surface area contributed by atoms with Crippen LogP contribution in [0.25, 0.3) is 0 Å². The molecule has 138 valence electrons. The molecule has 0 spiro atoms. The number of aromatic nitrogens is 1. The van der Waals surface area contributed by atoms with Gasteiger partial charge in [-0.15, -0.1) is 0 Å². The number of esters is 1. The topological polar surface area (TPSA) is 97.4 Å². The maximum absolute atomic E-state index is 12.9. The number of carbonyl (C=O) groups excluding carboxylic acids is 3. The third kappa shape index (κ3) is 2.71. The van der Waals surface area contributed by atoms with Crippen molar-refractivity contribution in [2.45, 2.75) is 18.0 Å². The summed E-state index contributed by atoms with van der Waals surface area (Å²) in [5.41, 5.74) is 0.123. The van der Waals surface area contributed by atoms with Crippen LogP contribution in [0, 0.1) is 11.8 Å². The second kappa shape index (κ2) is 6.59. The molecular formula is C20H19N3O4. The third-order valence-corrected chi connectivity index (χ3v) is 5.38. The Hall–Kier alpha value is -3.06. The van der Waals surface area contributed by atoms with Crippen molar-refractivity contribution in [2.75, 3.05) is 7.11 Å². The van der Waals surface area contributed by atoms with Gasteiger partial charge in [-0.3, -0.25) is 30.0 Å². The largest absolute Gasteiger partial charge is 0.468 e. The summed E-state index contributed by atoms with van der Waals surface area (Å²) in [7, 11) is 1.29. The maximum Gasteiger partial charge on any atom is 0.327 e. The molecule has 7 heteroatoms. The SMILES string of the molecule is COC(=O)[C@]1(Cc2ccccc2)N[C@H](c2ccccn2)[C@@H]2C(=O)NC(=O)[C@@H]21. The molecule has 0 aliphatic carbocycles. The first-order valence-corrected chi connectivity index (χ1v) is 8.72. The third-order valence-electron chi connectivity index (χ3n) is 5.38. The fraction of sp³-hybridized carbons (Fsp3) is 0.300. The van der Waals surface area contributed by atoms with Crippen LogP contribution in [-0.2, 0) is 25.5 Å². The Morgan fingerprint density at radius 2 is 1.85 bits per heavy atom. The van der Waals surface area contributed by atoms with Crippen LogP contribution in [-0.4, -0.2) is 35.4 Å². The predicted molar refractivity (Wildman–Crippen MR) is 95.1 cm³/mol. The Labute approximate surface area is 156 Å². The van der Waals surface area contributed by atoms with Crippen molar-refractivity contribution in [2.24, 2.45) is 11.8 Å². The number of nitrogens with one attached hydrogen (secondary N) is 2. The van der Waals surface area contributed by atoms with Crippen LogP contribution in [0.3, 0.4) is 0 Å². The summed E-state index contributed by atoms with van der Waals surface area (Å²) in [6.07, 6.45) is 1.85. The van der Waals surface area contributed by atoms with Crippen LogP contribution in [0.2, 0.25) is 0 Å². The molecule has 0 radical (unpaired) electrons. The van der Waals surface area contributed by atoms with Gasteiger partial charge in [0.15, 0.2) is 0 Å². The Balaban J connectivity index is 1.83. The summed E-state index contributed by atoms with van der Waals surface area (Å²) >= 11 is 0. The highest BCUT2D eigenvalue weighted by Crippen LogP contribution is 2.47. The van der Waals surface area contributed by atoms with Crippen LogP contribution >= 0.6 is 0 Å². The summed E-state index contributed by atoms with van der Waals surface area (Å²) in [6, 6.07) is 14.2. The monoisotopic (exact) mass is 365 g/mol. The molecule has 0 saturated carbocycles. The Morgan fingerprint density at radius 1 is 1.11 bits per heavy atom. The molecule has 4 rings (SSSR count). The fourth-order valence-electron chi connectivity index (χ4n) is 4.27. The molecule has 0 bridgehead atoms. The van der Waals surface area contributed by atoms with Crippen molar-refractivity contribution in [1.82, 2.24) is 15.6 Å². The molecule has 4 atom stereocenters. The molecule has 2 fully saturated rings. The van der Waals surface area contributed by atoms with E-state index in [1.54, 1.807) is 18.3 Å². The van der Waals surface area contributed by atoms with E-state index in [0.717, 1.165) is 5.56 Å². The Kier molecular flexibility index (Phi) is 4.24. The first-order valence-electron chi connectivity index (χ1n) is 8.72. The molecule has 2 aliphatic heterocycles.